The third kappa shape index (κ3) is 4.77. The van der Waals surface area contributed by atoms with Gasteiger partial charge in [-0.05, 0) is 0 Å². The summed E-state index contributed by atoms with van der Waals surface area (Å²) in [6.07, 6.45) is -20.2. The fourth-order valence-electron chi connectivity index (χ4n) is 3.50. The van der Waals surface area contributed by atoms with E-state index in [2.05, 4.69) is 0 Å². The predicted molar refractivity (Wildman–Crippen MR) is 89.2 cm³/mol. The Labute approximate surface area is 170 Å². The average molecular weight is 444 g/mol. The van der Waals surface area contributed by atoms with E-state index in [9.17, 15) is 46.0 Å². The molecule has 3 rings (SSSR count). The summed E-state index contributed by atoms with van der Waals surface area (Å²) in [4.78, 5) is 0. The molecule has 0 radical (unpaired) electrons. The molecular formula is C16H28O14. The molecular weight excluding hydrogens is 416 g/mol. The van der Waals surface area contributed by atoms with E-state index < -0.39 is 93.1 Å². The van der Waals surface area contributed by atoms with Crippen LogP contribution in [0.5, 0.6) is 0 Å². The van der Waals surface area contributed by atoms with E-state index in [0.717, 1.165) is 0 Å². The first-order chi connectivity index (χ1) is 14.1. The van der Waals surface area contributed by atoms with Crippen molar-refractivity contribution in [3.63, 3.8) is 0 Å². The Balaban J connectivity index is 1.67. The van der Waals surface area contributed by atoms with E-state index in [0.29, 0.717) is 0 Å². The van der Waals surface area contributed by atoms with Crippen LogP contribution in [0.15, 0.2) is 0 Å². The van der Waals surface area contributed by atoms with Gasteiger partial charge in [0.15, 0.2) is 18.9 Å². The Kier molecular flexibility index (Phi) is 7.97. The normalized spacial score (nSPS) is 52.9. The van der Waals surface area contributed by atoms with Crippen LogP contribution in [-0.4, -0.2) is 146 Å². The van der Waals surface area contributed by atoms with E-state index in [1.54, 1.807) is 0 Å². The highest BCUT2D eigenvalue weighted by Crippen LogP contribution is 2.29. The lowest BCUT2D eigenvalue weighted by molar-refractivity contribution is -0.362. The Morgan fingerprint density at radius 3 is 1.83 bits per heavy atom. The maximum absolute atomic E-state index is 10.5. The largest absolute Gasteiger partial charge is 0.394 e. The molecule has 0 aromatic carbocycles. The zero-order chi connectivity index (χ0) is 22.2. The Bertz CT molecular complexity index is 550. The Morgan fingerprint density at radius 1 is 0.633 bits per heavy atom. The molecule has 14 nitrogen and oxygen atoms in total. The fraction of sp³-hybridized carbons (Fsp3) is 1.00. The maximum atomic E-state index is 10.5. The summed E-state index contributed by atoms with van der Waals surface area (Å²) in [5.74, 6) is 0. The summed E-state index contributed by atoms with van der Waals surface area (Å²) in [5, 5.41) is 89.1. The molecule has 0 saturated carbocycles. The third-order valence-electron chi connectivity index (χ3n) is 5.30. The van der Waals surface area contributed by atoms with Gasteiger partial charge in [0.2, 0.25) is 0 Å². The number of hydrogen-bond donors (Lipinski definition) is 9. The number of aliphatic hydroxyl groups is 9. The molecule has 14 heteroatoms. The number of ether oxygens (including phenoxy) is 5. The summed E-state index contributed by atoms with van der Waals surface area (Å²) in [5.41, 5.74) is 0. The molecule has 0 unspecified atom stereocenters. The fourth-order valence-corrected chi connectivity index (χ4v) is 3.50. The first-order valence-electron chi connectivity index (χ1n) is 9.40. The summed E-state index contributed by atoms with van der Waals surface area (Å²) in [7, 11) is 0. The van der Waals surface area contributed by atoms with E-state index in [-0.39, 0.29) is 6.61 Å². The first kappa shape index (κ1) is 24.1. The van der Waals surface area contributed by atoms with Gasteiger partial charge < -0.3 is 69.6 Å². The Hall–Kier alpha value is -0.560. The van der Waals surface area contributed by atoms with Gasteiger partial charge in [0.1, 0.15) is 61.0 Å². The van der Waals surface area contributed by atoms with Gasteiger partial charge in [0.05, 0.1) is 19.8 Å². The molecule has 0 aliphatic carbocycles. The standard InChI is InChI=1S/C16H28O14/c17-1-6-7(20)8(21)9(22)16(28-6)30-13-5(19)3-27-15(11(13)24)29-12-4(18)2-26-14(25)10(12)23/h4-25H,1-3H2/t4-,5-,6-,7-,8+,9-,10-,11-,12+,13+,14-,15+,16+/m1/s1. The van der Waals surface area contributed by atoms with Gasteiger partial charge in [-0.1, -0.05) is 0 Å². The highest BCUT2D eigenvalue weighted by atomic mass is 16.7. The molecule has 3 fully saturated rings. The highest BCUT2D eigenvalue weighted by Gasteiger charge is 2.50. The SMILES string of the molecule is OC[C@H]1O[C@@H](O[C@@H]2[C@@H](O)[C@H](O[C@@H]3[C@@H](O)[C@H](O)OC[C@H]3O)OC[C@H]2O)[C@H](O)[C@@H](O)[C@@H]1O. The lowest BCUT2D eigenvalue weighted by Gasteiger charge is -2.45. The van der Waals surface area contributed by atoms with Crippen LogP contribution in [0.1, 0.15) is 0 Å². The van der Waals surface area contributed by atoms with Gasteiger partial charge in [0, 0.05) is 0 Å². The summed E-state index contributed by atoms with van der Waals surface area (Å²) >= 11 is 0. The van der Waals surface area contributed by atoms with Gasteiger partial charge in [-0.2, -0.15) is 0 Å². The monoisotopic (exact) mass is 444 g/mol. The lowest BCUT2D eigenvalue weighted by Crippen LogP contribution is -2.64. The second kappa shape index (κ2) is 9.93. The van der Waals surface area contributed by atoms with Crippen LogP contribution in [0.2, 0.25) is 0 Å². The molecule has 0 aromatic heterocycles. The van der Waals surface area contributed by atoms with Crippen molar-refractivity contribution in [3.05, 3.63) is 0 Å². The Morgan fingerprint density at radius 2 is 1.20 bits per heavy atom. The second-order valence-corrected chi connectivity index (χ2v) is 7.44. The van der Waals surface area contributed by atoms with Crippen molar-refractivity contribution >= 4 is 0 Å². The van der Waals surface area contributed by atoms with Crippen molar-refractivity contribution in [2.24, 2.45) is 0 Å². The van der Waals surface area contributed by atoms with Crippen LogP contribution in [0.3, 0.4) is 0 Å². The van der Waals surface area contributed by atoms with Crippen LogP contribution < -0.4 is 0 Å². The molecule has 3 aliphatic heterocycles. The van der Waals surface area contributed by atoms with Crippen molar-refractivity contribution in [1.29, 1.82) is 0 Å². The second-order valence-electron chi connectivity index (χ2n) is 7.44. The quantitative estimate of drug-likeness (QED) is 0.192. The lowest BCUT2D eigenvalue weighted by atomic mass is 9.98. The van der Waals surface area contributed by atoms with E-state index >= 15 is 0 Å². The van der Waals surface area contributed by atoms with Crippen LogP contribution in [-0.2, 0) is 23.7 Å². The van der Waals surface area contributed by atoms with E-state index in [1.165, 1.54) is 0 Å². The van der Waals surface area contributed by atoms with Crippen LogP contribution in [0, 0.1) is 0 Å². The summed E-state index contributed by atoms with van der Waals surface area (Å²) < 4.78 is 25.9. The molecule has 0 aromatic rings. The average Bonchev–Trinajstić information content (AvgIpc) is 2.72. The molecule has 176 valence electrons. The molecule has 0 amide bonds. The minimum atomic E-state index is -1.77. The van der Waals surface area contributed by atoms with Crippen molar-refractivity contribution in [2.45, 2.75) is 79.9 Å². The smallest absolute Gasteiger partial charge is 0.187 e. The zero-order valence-electron chi connectivity index (χ0n) is 15.7. The van der Waals surface area contributed by atoms with Crippen molar-refractivity contribution in [2.75, 3.05) is 19.8 Å². The summed E-state index contributed by atoms with van der Waals surface area (Å²) in [6, 6.07) is 0. The predicted octanol–water partition coefficient (Wildman–Crippen LogP) is -6.29. The number of rotatable bonds is 5. The minimum absolute atomic E-state index is 0.348. The van der Waals surface area contributed by atoms with Crippen molar-refractivity contribution in [3.8, 4) is 0 Å². The van der Waals surface area contributed by atoms with Gasteiger partial charge in [-0.3, -0.25) is 0 Å². The number of aliphatic hydroxyl groups excluding tert-OH is 9. The van der Waals surface area contributed by atoms with Gasteiger partial charge >= 0.3 is 0 Å². The van der Waals surface area contributed by atoms with Crippen LogP contribution >= 0.6 is 0 Å². The maximum Gasteiger partial charge on any atom is 0.187 e. The molecule has 3 saturated heterocycles. The van der Waals surface area contributed by atoms with Gasteiger partial charge in [-0.15, -0.1) is 0 Å². The van der Waals surface area contributed by atoms with E-state index in [4.69, 9.17) is 23.7 Å². The molecule has 0 spiro atoms. The van der Waals surface area contributed by atoms with Crippen molar-refractivity contribution in [1.82, 2.24) is 0 Å². The minimum Gasteiger partial charge on any atom is -0.394 e. The van der Waals surface area contributed by atoms with Crippen LogP contribution in [0.4, 0.5) is 0 Å². The first-order valence-corrected chi connectivity index (χ1v) is 9.40. The molecule has 3 aliphatic rings. The van der Waals surface area contributed by atoms with Gasteiger partial charge in [-0.25, -0.2) is 0 Å². The zero-order valence-corrected chi connectivity index (χ0v) is 15.7. The molecule has 3 heterocycles. The molecule has 13 atom stereocenters. The van der Waals surface area contributed by atoms with Gasteiger partial charge in [0.25, 0.3) is 0 Å². The third-order valence-corrected chi connectivity index (χ3v) is 5.30. The molecule has 0 bridgehead atoms. The number of hydrogen-bond acceptors (Lipinski definition) is 14. The topological polar surface area (TPSA) is 228 Å². The highest BCUT2D eigenvalue weighted by molar-refractivity contribution is 4.92. The molecule has 30 heavy (non-hydrogen) atoms. The summed E-state index contributed by atoms with van der Waals surface area (Å²) in [6.45, 7) is -1.46. The molecule has 9 N–H and O–H groups in total. The van der Waals surface area contributed by atoms with Crippen molar-refractivity contribution < 1.29 is 69.6 Å². The van der Waals surface area contributed by atoms with E-state index in [1.807, 2.05) is 0 Å². The van der Waals surface area contributed by atoms with Crippen LogP contribution in [0.25, 0.3) is 0 Å².